The SMILES string of the molecule is Cc1ccc(N)c(OCC2CCCCO2)n1. The lowest BCUT2D eigenvalue weighted by Crippen LogP contribution is -2.26. The fraction of sp³-hybridized carbons (Fsp3) is 0.583. The summed E-state index contributed by atoms with van der Waals surface area (Å²) in [5.41, 5.74) is 7.27. The molecule has 4 heteroatoms. The van der Waals surface area contributed by atoms with E-state index >= 15 is 0 Å². The first-order valence-electron chi connectivity index (χ1n) is 5.73. The molecule has 2 heterocycles. The van der Waals surface area contributed by atoms with Crippen LogP contribution in [0.4, 0.5) is 5.69 Å². The van der Waals surface area contributed by atoms with Crippen LogP contribution in [0.25, 0.3) is 0 Å². The Labute approximate surface area is 95.8 Å². The fourth-order valence-corrected chi connectivity index (χ4v) is 1.77. The number of nitrogens with two attached hydrogens (primary N) is 1. The van der Waals surface area contributed by atoms with Crippen molar-refractivity contribution in [3.63, 3.8) is 0 Å². The van der Waals surface area contributed by atoms with Crippen LogP contribution in [0.15, 0.2) is 12.1 Å². The number of nitrogens with zero attached hydrogens (tertiary/aromatic N) is 1. The van der Waals surface area contributed by atoms with E-state index in [1.807, 2.05) is 19.1 Å². The molecular weight excluding hydrogens is 204 g/mol. The molecule has 0 aromatic carbocycles. The average molecular weight is 222 g/mol. The second-order valence-corrected chi connectivity index (χ2v) is 4.15. The van der Waals surface area contributed by atoms with Crippen molar-refractivity contribution < 1.29 is 9.47 Å². The molecule has 1 fully saturated rings. The number of hydrogen-bond acceptors (Lipinski definition) is 4. The molecule has 1 aromatic heterocycles. The van der Waals surface area contributed by atoms with Crippen molar-refractivity contribution in [2.24, 2.45) is 0 Å². The van der Waals surface area contributed by atoms with Crippen molar-refractivity contribution in [3.05, 3.63) is 17.8 Å². The quantitative estimate of drug-likeness (QED) is 0.848. The second kappa shape index (κ2) is 5.16. The summed E-state index contributed by atoms with van der Waals surface area (Å²) in [5.74, 6) is 0.522. The van der Waals surface area contributed by atoms with Gasteiger partial charge in [0.1, 0.15) is 6.61 Å². The minimum Gasteiger partial charge on any atom is -0.473 e. The van der Waals surface area contributed by atoms with Gasteiger partial charge in [-0.25, -0.2) is 4.98 Å². The average Bonchev–Trinajstić information content (AvgIpc) is 2.32. The third-order valence-electron chi connectivity index (χ3n) is 2.71. The van der Waals surface area contributed by atoms with Crippen LogP contribution in [0.5, 0.6) is 5.88 Å². The molecule has 1 aliphatic rings. The first kappa shape index (κ1) is 11.2. The van der Waals surface area contributed by atoms with Crippen LogP contribution in [-0.2, 0) is 4.74 Å². The molecule has 0 radical (unpaired) electrons. The maximum Gasteiger partial charge on any atom is 0.237 e. The van der Waals surface area contributed by atoms with E-state index in [2.05, 4.69) is 4.98 Å². The topological polar surface area (TPSA) is 57.4 Å². The van der Waals surface area contributed by atoms with E-state index in [-0.39, 0.29) is 6.10 Å². The van der Waals surface area contributed by atoms with Crippen LogP contribution in [0.1, 0.15) is 25.0 Å². The Kier molecular flexibility index (Phi) is 3.62. The van der Waals surface area contributed by atoms with Crippen molar-refractivity contribution in [2.75, 3.05) is 18.9 Å². The second-order valence-electron chi connectivity index (χ2n) is 4.15. The number of anilines is 1. The normalized spacial score (nSPS) is 20.7. The summed E-state index contributed by atoms with van der Waals surface area (Å²) < 4.78 is 11.2. The van der Waals surface area contributed by atoms with Gasteiger partial charge in [-0.05, 0) is 38.3 Å². The third-order valence-corrected chi connectivity index (χ3v) is 2.71. The van der Waals surface area contributed by atoms with Gasteiger partial charge in [0.25, 0.3) is 0 Å². The number of ether oxygens (including phenoxy) is 2. The summed E-state index contributed by atoms with van der Waals surface area (Å²) in [6.45, 7) is 3.30. The number of hydrogen-bond donors (Lipinski definition) is 1. The summed E-state index contributed by atoms with van der Waals surface area (Å²) in [4.78, 5) is 4.25. The zero-order chi connectivity index (χ0) is 11.4. The minimum atomic E-state index is 0.190. The Morgan fingerprint density at radius 3 is 3.12 bits per heavy atom. The minimum absolute atomic E-state index is 0.190. The lowest BCUT2D eigenvalue weighted by atomic mass is 10.1. The van der Waals surface area contributed by atoms with Crippen LogP contribution in [0.3, 0.4) is 0 Å². The molecule has 16 heavy (non-hydrogen) atoms. The highest BCUT2D eigenvalue weighted by molar-refractivity contribution is 5.48. The fourth-order valence-electron chi connectivity index (χ4n) is 1.77. The van der Waals surface area contributed by atoms with E-state index in [1.165, 1.54) is 6.42 Å². The number of rotatable bonds is 3. The Morgan fingerprint density at radius 2 is 2.38 bits per heavy atom. The summed E-state index contributed by atoms with van der Waals surface area (Å²) in [6, 6.07) is 3.69. The summed E-state index contributed by atoms with van der Waals surface area (Å²) >= 11 is 0. The number of aryl methyl sites for hydroxylation is 1. The van der Waals surface area contributed by atoms with Crippen molar-refractivity contribution >= 4 is 5.69 Å². The van der Waals surface area contributed by atoms with Crippen LogP contribution < -0.4 is 10.5 Å². The standard InChI is InChI=1S/C12H18N2O2/c1-9-5-6-11(13)12(14-9)16-8-10-4-2-3-7-15-10/h5-6,10H,2-4,7-8,13H2,1H3. The first-order chi connectivity index (χ1) is 7.75. The van der Waals surface area contributed by atoms with Gasteiger partial charge in [-0.3, -0.25) is 0 Å². The summed E-state index contributed by atoms with van der Waals surface area (Å²) in [7, 11) is 0. The lowest BCUT2D eigenvalue weighted by Gasteiger charge is -2.22. The van der Waals surface area contributed by atoms with Crippen molar-refractivity contribution in [1.82, 2.24) is 4.98 Å². The maximum absolute atomic E-state index is 5.78. The van der Waals surface area contributed by atoms with Gasteiger partial charge in [0.15, 0.2) is 0 Å². The molecule has 0 spiro atoms. The molecule has 1 atom stereocenters. The van der Waals surface area contributed by atoms with E-state index in [1.54, 1.807) is 0 Å². The molecule has 88 valence electrons. The van der Waals surface area contributed by atoms with Crippen molar-refractivity contribution in [3.8, 4) is 5.88 Å². The molecule has 1 saturated heterocycles. The lowest BCUT2D eigenvalue weighted by molar-refractivity contribution is -0.0118. The van der Waals surface area contributed by atoms with Gasteiger partial charge in [-0.1, -0.05) is 0 Å². The molecule has 1 aromatic rings. The number of pyridine rings is 1. The van der Waals surface area contributed by atoms with E-state index < -0.39 is 0 Å². The molecule has 1 unspecified atom stereocenters. The Morgan fingerprint density at radius 1 is 1.50 bits per heavy atom. The molecule has 2 rings (SSSR count). The molecule has 0 aliphatic carbocycles. The number of aromatic nitrogens is 1. The largest absolute Gasteiger partial charge is 0.473 e. The van der Waals surface area contributed by atoms with Crippen LogP contribution in [0, 0.1) is 6.92 Å². The highest BCUT2D eigenvalue weighted by Crippen LogP contribution is 2.20. The molecule has 1 aliphatic heterocycles. The van der Waals surface area contributed by atoms with Gasteiger partial charge in [-0.15, -0.1) is 0 Å². The van der Waals surface area contributed by atoms with Gasteiger partial charge in [0.05, 0.1) is 11.8 Å². The van der Waals surface area contributed by atoms with E-state index in [9.17, 15) is 0 Å². The van der Waals surface area contributed by atoms with Gasteiger partial charge >= 0.3 is 0 Å². The van der Waals surface area contributed by atoms with Crippen molar-refractivity contribution in [2.45, 2.75) is 32.3 Å². The Bertz CT molecular complexity index is 349. The van der Waals surface area contributed by atoms with Gasteiger partial charge < -0.3 is 15.2 Å². The van der Waals surface area contributed by atoms with Crippen LogP contribution in [-0.4, -0.2) is 24.3 Å². The molecule has 2 N–H and O–H groups in total. The predicted octanol–water partition coefficient (Wildman–Crippen LogP) is 1.92. The molecule has 0 saturated carbocycles. The smallest absolute Gasteiger partial charge is 0.237 e. The Hall–Kier alpha value is -1.29. The summed E-state index contributed by atoms with van der Waals surface area (Å²) in [6.07, 6.45) is 3.62. The molecule has 0 bridgehead atoms. The highest BCUT2D eigenvalue weighted by Gasteiger charge is 2.15. The molecular formula is C12H18N2O2. The highest BCUT2D eigenvalue weighted by atomic mass is 16.5. The van der Waals surface area contributed by atoms with E-state index in [0.717, 1.165) is 25.1 Å². The van der Waals surface area contributed by atoms with Crippen LogP contribution in [0.2, 0.25) is 0 Å². The Balaban J connectivity index is 1.90. The monoisotopic (exact) mass is 222 g/mol. The first-order valence-corrected chi connectivity index (χ1v) is 5.73. The molecule has 0 amide bonds. The third kappa shape index (κ3) is 2.85. The van der Waals surface area contributed by atoms with Crippen molar-refractivity contribution in [1.29, 1.82) is 0 Å². The van der Waals surface area contributed by atoms with Crippen LogP contribution >= 0.6 is 0 Å². The zero-order valence-corrected chi connectivity index (χ0v) is 9.61. The van der Waals surface area contributed by atoms with E-state index in [4.69, 9.17) is 15.2 Å². The molecule has 4 nitrogen and oxygen atoms in total. The zero-order valence-electron chi connectivity index (χ0n) is 9.61. The number of nitrogen functional groups attached to an aromatic ring is 1. The van der Waals surface area contributed by atoms with Gasteiger partial charge in [0.2, 0.25) is 5.88 Å². The van der Waals surface area contributed by atoms with Gasteiger partial charge in [0, 0.05) is 12.3 Å². The van der Waals surface area contributed by atoms with Gasteiger partial charge in [-0.2, -0.15) is 0 Å². The summed E-state index contributed by atoms with van der Waals surface area (Å²) in [5, 5.41) is 0. The maximum atomic E-state index is 5.78. The predicted molar refractivity (Wildman–Crippen MR) is 62.5 cm³/mol. The van der Waals surface area contributed by atoms with E-state index in [0.29, 0.717) is 18.2 Å².